The highest BCUT2D eigenvalue weighted by Crippen LogP contribution is 2.39. The summed E-state index contributed by atoms with van der Waals surface area (Å²) in [6, 6.07) is 35.8. The summed E-state index contributed by atoms with van der Waals surface area (Å²) in [6.07, 6.45) is 15.6. The molecule has 37 heavy (non-hydrogen) atoms. The van der Waals surface area contributed by atoms with Crippen LogP contribution in [0, 0.1) is 0 Å². The smallest absolute Gasteiger partial charge is 0.113 e. The lowest BCUT2D eigenvalue weighted by atomic mass is 9.93. The maximum atomic E-state index is 6.00. The molecular weight excluding hydrogens is 445 g/mol. The molecule has 0 saturated carbocycles. The van der Waals surface area contributed by atoms with Gasteiger partial charge in [-0.25, -0.2) is 0 Å². The van der Waals surface area contributed by atoms with Gasteiger partial charge in [0.1, 0.15) is 7.85 Å². The van der Waals surface area contributed by atoms with Crippen LogP contribution >= 0.6 is 0 Å². The van der Waals surface area contributed by atoms with Crippen LogP contribution in [0.1, 0.15) is 6.42 Å². The minimum Gasteiger partial charge on any atom is -0.310 e. The molecule has 0 fully saturated rings. The lowest BCUT2D eigenvalue weighted by Crippen LogP contribution is -2.16. The molecule has 2 heteroatoms. The van der Waals surface area contributed by atoms with E-state index in [4.69, 9.17) is 7.85 Å². The van der Waals surface area contributed by atoms with E-state index < -0.39 is 0 Å². The lowest BCUT2D eigenvalue weighted by molar-refractivity contribution is 1.18. The molecule has 0 saturated heterocycles. The first kappa shape index (κ1) is 24.2. The topological polar surface area (TPSA) is 3.24 Å². The zero-order valence-corrected chi connectivity index (χ0v) is 20.8. The summed E-state index contributed by atoms with van der Waals surface area (Å²) in [5.41, 5.74) is 9.61. The summed E-state index contributed by atoms with van der Waals surface area (Å²) in [5, 5.41) is 0. The molecule has 0 atom stereocenters. The fraction of sp³-hybridized carbons (Fsp3) is 0.0286. The van der Waals surface area contributed by atoms with Crippen LogP contribution in [-0.2, 0) is 0 Å². The molecule has 4 aromatic rings. The number of para-hydroxylation sites is 1. The van der Waals surface area contributed by atoms with E-state index in [1.54, 1.807) is 0 Å². The van der Waals surface area contributed by atoms with Crippen molar-refractivity contribution in [1.29, 1.82) is 0 Å². The Kier molecular flexibility index (Phi) is 7.48. The van der Waals surface area contributed by atoms with Gasteiger partial charge < -0.3 is 4.90 Å². The fourth-order valence-electron chi connectivity index (χ4n) is 4.44. The molecule has 0 aromatic heterocycles. The molecule has 1 nitrogen and oxygen atoms in total. The molecule has 176 valence electrons. The third-order valence-corrected chi connectivity index (χ3v) is 6.35. The average molecular weight is 473 g/mol. The maximum absolute atomic E-state index is 6.00. The van der Waals surface area contributed by atoms with E-state index in [1.165, 1.54) is 11.1 Å². The molecule has 2 radical (unpaired) electrons. The van der Waals surface area contributed by atoms with Crippen molar-refractivity contribution >= 4 is 24.7 Å². The van der Waals surface area contributed by atoms with Gasteiger partial charge in [-0.2, -0.15) is 0 Å². The molecule has 0 amide bonds. The van der Waals surface area contributed by atoms with Crippen molar-refractivity contribution in [2.75, 3.05) is 4.90 Å². The van der Waals surface area contributed by atoms with Crippen LogP contribution in [0.3, 0.4) is 0 Å². The number of anilines is 2. The van der Waals surface area contributed by atoms with Crippen molar-refractivity contribution < 1.29 is 0 Å². The van der Waals surface area contributed by atoms with Gasteiger partial charge in [-0.05, 0) is 53.0 Å². The summed E-state index contributed by atoms with van der Waals surface area (Å²) in [7, 11) is 6.00. The van der Waals surface area contributed by atoms with Crippen LogP contribution in [0.5, 0.6) is 0 Å². The van der Waals surface area contributed by atoms with Crippen molar-refractivity contribution in [2.24, 2.45) is 0 Å². The Morgan fingerprint density at radius 3 is 2.08 bits per heavy atom. The molecule has 0 unspecified atom stereocenters. The summed E-state index contributed by atoms with van der Waals surface area (Å²) >= 11 is 0. The van der Waals surface area contributed by atoms with E-state index in [0.29, 0.717) is 0 Å². The summed E-state index contributed by atoms with van der Waals surface area (Å²) in [6.45, 7) is 4.18. The monoisotopic (exact) mass is 473 g/mol. The van der Waals surface area contributed by atoms with Gasteiger partial charge in [0, 0.05) is 16.9 Å². The Hall–Kier alpha value is -4.56. The number of hydrogen-bond acceptors (Lipinski definition) is 1. The first-order valence-electron chi connectivity index (χ1n) is 12.5. The van der Waals surface area contributed by atoms with Crippen molar-refractivity contribution in [3.63, 3.8) is 0 Å². The van der Waals surface area contributed by atoms with Crippen LogP contribution in [-0.4, -0.2) is 7.85 Å². The van der Waals surface area contributed by atoms with E-state index in [0.717, 1.165) is 45.7 Å². The van der Waals surface area contributed by atoms with Crippen molar-refractivity contribution in [1.82, 2.24) is 0 Å². The minimum absolute atomic E-state index is 0.755. The van der Waals surface area contributed by atoms with E-state index in [2.05, 4.69) is 127 Å². The highest BCUT2D eigenvalue weighted by Gasteiger charge is 2.17. The predicted octanol–water partition coefficient (Wildman–Crippen LogP) is 8.46. The SMILES string of the molecule is [B]c1ccc(-c2ccccc2N(C2=CC/C=C\C=C/C(=C)C=C2)c2ccc(-c3ccccc3)cc2)cc1. The molecule has 0 spiro atoms. The average Bonchev–Trinajstić information content (AvgIpc) is 2.95. The highest BCUT2D eigenvalue weighted by atomic mass is 15.1. The zero-order chi connectivity index (χ0) is 25.5. The van der Waals surface area contributed by atoms with Gasteiger partial charge in [0.25, 0.3) is 0 Å². The Morgan fingerprint density at radius 1 is 0.622 bits per heavy atom. The molecular formula is C35H28BN. The predicted molar refractivity (Wildman–Crippen MR) is 161 cm³/mol. The third-order valence-electron chi connectivity index (χ3n) is 6.35. The van der Waals surface area contributed by atoms with Gasteiger partial charge in [-0.1, -0.05) is 133 Å². The number of allylic oxidation sites excluding steroid dienone is 8. The Bertz CT molecular complexity index is 1490. The maximum Gasteiger partial charge on any atom is 0.113 e. The molecule has 0 bridgehead atoms. The fourth-order valence-corrected chi connectivity index (χ4v) is 4.44. The van der Waals surface area contributed by atoms with Crippen LogP contribution in [0.25, 0.3) is 22.3 Å². The van der Waals surface area contributed by atoms with E-state index in [9.17, 15) is 0 Å². The third kappa shape index (κ3) is 5.82. The van der Waals surface area contributed by atoms with E-state index in [1.807, 2.05) is 30.4 Å². The van der Waals surface area contributed by atoms with Gasteiger partial charge in [0.2, 0.25) is 0 Å². The van der Waals surface area contributed by atoms with Gasteiger partial charge in [0.05, 0.1) is 5.69 Å². The van der Waals surface area contributed by atoms with Gasteiger partial charge in [-0.15, -0.1) is 0 Å². The number of rotatable bonds is 5. The van der Waals surface area contributed by atoms with Crippen LogP contribution in [0.15, 0.2) is 164 Å². The van der Waals surface area contributed by atoms with Crippen LogP contribution < -0.4 is 10.4 Å². The molecule has 1 aliphatic carbocycles. The summed E-state index contributed by atoms with van der Waals surface area (Å²) in [4.78, 5) is 2.32. The van der Waals surface area contributed by atoms with E-state index in [-0.39, 0.29) is 0 Å². The van der Waals surface area contributed by atoms with Crippen molar-refractivity contribution in [2.45, 2.75) is 6.42 Å². The van der Waals surface area contributed by atoms with E-state index >= 15 is 0 Å². The largest absolute Gasteiger partial charge is 0.310 e. The van der Waals surface area contributed by atoms with Crippen molar-refractivity contribution in [3.8, 4) is 22.3 Å². The second kappa shape index (κ2) is 11.5. The van der Waals surface area contributed by atoms with Crippen LogP contribution in [0.4, 0.5) is 11.4 Å². The molecule has 0 aliphatic heterocycles. The number of benzene rings is 4. The molecule has 0 N–H and O–H groups in total. The van der Waals surface area contributed by atoms with Crippen LogP contribution in [0.2, 0.25) is 0 Å². The number of hydrogen-bond donors (Lipinski definition) is 0. The molecule has 4 aromatic carbocycles. The summed E-state index contributed by atoms with van der Waals surface area (Å²) < 4.78 is 0. The normalized spacial score (nSPS) is 15.0. The standard InChI is InChI=1S/C35H28BN/c1-27-11-5-2-3-8-14-32(24-17-27)37(33-25-20-29(21-26-33)28-12-6-4-7-13-28)35-16-10-9-15-34(35)30-18-22-31(36)23-19-30/h2-7,9-26H,1,8H2/b3-2-,11-5-,24-17?,32-14?. The highest BCUT2D eigenvalue weighted by molar-refractivity contribution is 6.32. The zero-order valence-electron chi connectivity index (χ0n) is 20.8. The van der Waals surface area contributed by atoms with Gasteiger partial charge in [-0.3, -0.25) is 0 Å². The quantitative estimate of drug-likeness (QED) is 0.263. The Balaban J connectivity index is 1.66. The second-order valence-electron chi connectivity index (χ2n) is 8.95. The van der Waals surface area contributed by atoms with Gasteiger partial charge in [0.15, 0.2) is 0 Å². The Morgan fingerprint density at radius 2 is 1.30 bits per heavy atom. The lowest BCUT2D eigenvalue weighted by Gasteiger charge is -2.29. The Labute approximate surface area is 221 Å². The van der Waals surface area contributed by atoms with Crippen molar-refractivity contribution in [3.05, 3.63) is 164 Å². The number of nitrogens with zero attached hydrogens (tertiary/aromatic N) is 1. The first-order chi connectivity index (χ1) is 18.2. The minimum atomic E-state index is 0.755. The first-order valence-corrected chi connectivity index (χ1v) is 12.5. The molecule has 1 aliphatic rings. The van der Waals surface area contributed by atoms with Gasteiger partial charge >= 0.3 is 0 Å². The second-order valence-corrected chi connectivity index (χ2v) is 8.95. The molecule has 0 heterocycles. The summed E-state index contributed by atoms with van der Waals surface area (Å²) in [5.74, 6) is 0. The molecule has 5 rings (SSSR count).